The second-order valence-corrected chi connectivity index (χ2v) is 4.33. The molecule has 94 valence electrons. The molecule has 1 unspecified atom stereocenters. The van der Waals surface area contributed by atoms with Crippen LogP contribution in [0.15, 0.2) is 0 Å². The first-order chi connectivity index (χ1) is 7.22. The van der Waals surface area contributed by atoms with Crippen molar-refractivity contribution in [2.24, 2.45) is 0 Å². The zero-order valence-electron chi connectivity index (χ0n) is 11.4. The Morgan fingerprint density at radius 3 is 1.73 bits per heavy atom. The molecule has 0 aliphatic rings. The van der Waals surface area contributed by atoms with E-state index < -0.39 is 0 Å². The normalized spacial score (nSPS) is 11.8. The van der Waals surface area contributed by atoms with Crippen molar-refractivity contribution in [1.82, 2.24) is 0 Å². The SMILES string of the molecule is CCC.CCCCCCCCC(O)CC. The minimum atomic E-state index is -0.0452. The van der Waals surface area contributed by atoms with Crippen LogP contribution in [0.25, 0.3) is 0 Å². The Morgan fingerprint density at radius 2 is 1.27 bits per heavy atom. The van der Waals surface area contributed by atoms with E-state index in [1.54, 1.807) is 0 Å². The molecule has 1 atom stereocenters. The van der Waals surface area contributed by atoms with Crippen molar-refractivity contribution in [3.63, 3.8) is 0 Å². The van der Waals surface area contributed by atoms with Gasteiger partial charge in [-0.2, -0.15) is 0 Å². The minimum absolute atomic E-state index is 0.0452. The van der Waals surface area contributed by atoms with E-state index in [0.717, 1.165) is 12.8 Å². The van der Waals surface area contributed by atoms with Crippen molar-refractivity contribution in [2.45, 2.75) is 91.6 Å². The quantitative estimate of drug-likeness (QED) is 0.571. The predicted molar refractivity (Wildman–Crippen MR) is 70.3 cm³/mol. The maximum absolute atomic E-state index is 9.26. The summed E-state index contributed by atoms with van der Waals surface area (Å²) in [7, 11) is 0. The highest BCUT2D eigenvalue weighted by Gasteiger charge is 1.98. The average molecular weight is 216 g/mol. The summed E-state index contributed by atoms with van der Waals surface area (Å²) < 4.78 is 0. The molecule has 0 saturated heterocycles. The highest BCUT2D eigenvalue weighted by atomic mass is 16.3. The first kappa shape index (κ1) is 17.4. The lowest BCUT2D eigenvalue weighted by Crippen LogP contribution is -2.03. The summed E-state index contributed by atoms with van der Waals surface area (Å²) >= 11 is 0. The average Bonchev–Trinajstić information content (AvgIpc) is 2.24. The fourth-order valence-corrected chi connectivity index (χ4v) is 1.36. The molecule has 0 bridgehead atoms. The summed E-state index contributed by atoms with van der Waals surface area (Å²) in [6.07, 6.45) is 11.0. The summed E-state index contributed by atoms with van der Waals surface area (Å²) in [4.78, 5) is 0. The van der Waals surface area contributed by atoms with Crippen molar-refractivity contribution in [1.29, 1.82) is 0 Å². The van der Waals surface area contributed by atoms with E-state index in [9.17, 15) is 5.11 Å². The fraction of sp³-hybridized carbons (Fsp3) is 1.00. The monoisotopic (exact) mass is 216 g/mol. The molecule has 0 saturated carbocycles. The molecule has 0 heterocycles. The molecular formula is C14H32O. The Morgan fingerprint density at radius 1 is 0.800 bits per heavy atom. The van der Waals surface area contributed by atoms with Crippen LogP contribution in [0.4, 0.5) is 0 Å². The van der Waals surface area contributed by atoms with Gasteiger partial charge in [0.05, 0.1) is 6.10 Å². The Kier molecular flexibility index (Phi) is 19.0. The first-order valence-electron chi connectivity index (χ1n) is 6.90. The Balaban J connectivity index is 0. The smallest absolute Gasteiger partial charge is 0.0537 e. The van der Waals surface area contributed by atoms with E-state index in [0.29, 0.717) is 0 Å². The Bertz CT molecular complexity index is 91.3. The van der Waals surface area contributed by atoms with Gasteiger partial charge in [0.1, 0.15) is 0 Å². The molecule has 0 fully saturated rings. The molecule has 0 radical (unpaired) electrons. The number of rotatable bonds is 8. The topological polar surface area (TPSA) is 20.2 Å². The standard InChI is InChI=1S/C11H24O.C3H8/c1-3-5-6-7-8-9-10-11(12)4-2;1-3-2/h11-12H,3-10H2,1-2H3;3H2,1-2H3. The molecule has 0 aromatic carbocycles. The second kappa shape index (κ2) is 16.4. The lowest BCUT2D eigenvalue weighted by atomic mass is 10.1. The lowest BCUT2D eigenvalue weighted by molar-refractivity contribution is 0.156. The Hall–Kier alpha value is -0.0400. The molecule has 0 amide bonds. The summed E-state index contributed by atoms with van der Waals surface area (Å²) in [5.41, 5.74) is 0. The molecule has 0 aromatic heterocycles. The van der Waals surface area contributed by atoms with E-state index in [2.05, 4.69) is 20.8 Å². The van der Waals surface area contributed by atoms with Gasteiger partial charge in [0.2, 0.25) is 0 Å². The van der Waals surface area contributed by atoms with Gasteiger partial charge < -0.3 is 5.11 Å². The van der Waals surface area contributed by atoms with E-state index in [1.165, 1.54) is 44.9 Å². The van der Waals surface area contributed by atoms with E-state index in [-0.39, 0.29) is 6.10 Å². The van der Waals surface area contributed by atoms with Crippen molar-refractivity contribution in [3.8, 4) is 0 Å². The number of unbranched alkanes of at least 4 members (excludes halogenated alkanes) is 5. The van der Waals surface area contributed by atoms with Gasteiger partial charge in [0, 0.05) is 0 Å². The second-order valence-electron chi connectivity index (χ2n) is 4.33. The van der Waals surface area contributed by atoms with E-state index in [4.69, 9.17) is 0 Å². The predicted octanol–water partition coefficient (Wildman–Crippen LogP) is 4.92. The van der Waals surface area contributed by atoms with Crippen LogP contribution in [0.1, 0.15) is 85.5 Å². The molecule has 0 aliphatic carbocycles. The van der Waals surface area contributed by atoms with Crippen LogP contribution in [0.5, 0.6) is 0 Å². The van der Waals surface area contributed by atoms with Crippen LogP contribution >= 0.6 is 0 Å². The van der Waals surface area contributed by atoms with Crippen molar-refractivity contribution < 1.29 is 5.11 Å². The molecule has 1 nitrogen and oxygen atoms in total. The van der Waals surface area contributed by atoms with Crippen LogP contribution < -0.4 is 0 Å². The third-order valence-electron chi connectivity index (χ3n) is 2.36. The number of aliphatic hydroxyl groups is 1. The maximum Gasteiger partial charge on any atom is 0.0537 e. The van der Waals surface area contributed by atoms with Gasteiger partial charge in [0.25, 0.3) is 0 Å². The number of hydrogen-bond donors (Lipinski definition) is 1. The maximum atomic E-state index is 9.26. The molecule has 0 aliphatic heterocycles. The zero-order chi connectivity index (χ0) is 11.9. The third-order valence-corrected chi connectivity index (χ3v) is 2.36. The van der Waals surface area contributed by atoms with Crippen molar-refractivity contribution >= 4 is 0 Å². The van der Waals surface area contributed by atoms with Crippen molar-refractivity contribution in [2.75, 3.05) is 0 Å². The van der Waals surface area contributed by atoms with Crippen LogP contribution in [0.3, 0.4) is 0 Å². The lowest BCUT2D eigenvalue weighted by Gasteiger charge is -2.06. The van der Waals surface area contributed by atoms with Gasteiger partial charge in [-0.3, -0.25) is 0 Å². The minimum Gasteiger partial charge on any atom is -0.393 e. The molecule has 1 heteroatoms. The van der Waals surface area contributed by atoms with Gasteiger partial charge in [-0.25, -0.2) is 0 Å². The zero-order valence-corrected chi connectivity index (χ0v) is 11.4. The molecular weight excluding hydrogens is 184 g/mol. The van der Waals surface area contributed by atoms with Gasteiger partial charge in [-0.1, -0.05) is 72.6 Å². The first-order valence-corrected chi connectivity index (χ1v) is 6.90. The van der Waals surface area contributed by atoms with Gasteiger partial charge in [0.15, 0.2) is 0 Å². The number of aliphatic hydroxyl groups excluding tert-OH is 1. The Labute approximate surface area is 97.3 Å². The molecule has 15 heavy (non-hydrogen) atoms. The summed E-state index contributed by atoms with van der Waals surface area (Å²) in [5.74, 6) is 0. The van der Waals surface area contributed by atoms with E-state index >= 15 is 0 Å². The van der Waals surface area contributed by atoms with Gasteiger partial charge in [-0.05, 0) is 12.8 Å². The van der Waals surface area contributed by atoms with E-state index in [1.807, 2.05) is 6.92 Å². The molecule has 0 aromatic rings. The largest absolute Gasteiger partial charge is 0.393 e. The fourth-order valence-electron chi connectivity index (χ4n) is 1.36. The van der Waals surface area contributed by atoms with Crippen LogP contribution in [0.2, 0.25) is 0 Å². The molecule has 0 spiro atoms. The summed E-state index contributed by atoms with van der Waals surface area (Å²) in [6.45, 7) is 8.53. The van der Waals surface area contributed by atoms with Crippen LogP contribution in [0, 0.1) is 0 Å². The summed E-state index contributed by atoms with van der Waals surface area (Å²) in [5, 5.41) is 9.26. The molecule has 1 N–H and O–H groups in total. The summed E-state index contributed by atoms with van der Waals surface area (Å²) in [6, 6.07) is 0. The number of hydrogen-bond acceptors (Lipinski definition) is 1. The van der Waals surface area contributed by atoms with Crippen LogP contribution in [-0.2, 0) is 0 Å². The van der Waals surface area contributed by atoms with Gasteiger partial charge in [-0.15, -0.1) is 0 Å². The highest BCUT2D eigenvalue weighted by Crippen LogP contribution is 2.09. The van der Waals surface area contributed by atoms with Crippen LogP contribution in [-0.4, -0.2) is 11.2 Å². The van der Waals surface area contributed by atoms with Gasteiger partial charge >= 0.3 is 0 Å². The molecule has 0 rings (SSSR count). The van der Waals surface area contributed by atoms with Crippen molar-refractivity contribution in [3.05, 3.63) is 0 Å². The third kappa shape index (κ3) is 20.1. The highest BCUT2D eigenvalue weighted by molar-refractivity contribution is 4.52.